The molecule has 23 heavy (non-hydrogen) atoms. The van der Waals surface area contributed by atoms with Crippen LogP contribution in [0.4, 0.5) is 4.79 Å². The van der Waals surface area contributed by atoms with Crippen molar-refractivity contribution in [3.05, 3.63) is 35.4 Å². The molecule has 2 amide bonds. The quantitative estimate of drug-likeness (QED) is 0.845. The van der Waals surface area contributed by atoms with Crippen LogP contribution in [0.15, 0.2) is 24.3 Å². The van der Waals surface area contributed by atoms with Crippen LogP contribution >= 0.6 is 0 Å². The number of carbonyl (C=O) groups is 1. The Bertz CT molecular complexity index is 482. The van der Waals surface area contributed by atoms with E-state index in [0.717, 1.165) is 31.9 Å². The van der Waals surface area contributed by atoms with Crippen LogP contribution in [0.5, 0.6) is 0 Å². The molecule has 0 aliphatic carbocycles. The summed E-state index contributed by atoms with van der Waals surface area (Å²) >= 11 is 0. The van der Waals surface area contributed by atoms with Gasteiger partial charge in [0.1, 0.15) is 0 Å². The number of rotatable bonds is 6. The van der Waals surface area contributed by atoms with Gasteiger partial charge in [-0.15, -0.1) is 0 Å². The smallest absolute Gasteiger partial charge is 0.315 e. The Morgan fingerprint density at radius 1 is 1.17 bits per heavy atom. The summed E-state index contributed by atoms with van der Waals surface area (Å²) in [6.07, 6.45) is 0. The molecule has 0 spiro atoms. The molecule has 1 aromatic rings. The zero-order chi connectivity index (χ0) is 16.7. The molecule has 1 heterocycles. The van der Waals surface area contributed by atoms with Gasteiger partial charge in [0, 0.05) is 32.2 Å². The topological polar surface area (TPSA) is 53.6 Å². The Hall–Kier alpha value is -1.59. The van der Waals surface area contributed by atoms with E-state index < -0.39 is 0 Å². The van der Waals surface area contributed by atoms with Crippen molar-refractivity contribution in [3.8, 4) is 0 Å². The molecule has 0 aromatic heterocycles. The average Bonchev–Trinajstić information content (AvgIpc) is 2.55. The largest absolute Gasteiger partial charge is 0.379 e. The first-order valence-corrected chi connectivity index (χ1v) is 8.45. The lowest BCUT2D eigenvalue weighted by molar-refractivity contribution is 0.00719. The van der Waals surface area contributed by atoms with E-state index in [0.29, 0.717) is 25.0 Å². The molecule has 1 fully saturated rings. The molecule has 5 nitrogen and oxygen atoms in total. The SMILES string of the molecule is Cc1ccc(CNC(=O)NC[C@@H](C(C)C)N2CCOCC2)cc1. The van der Waals surface area contributed by atoms with E-state index in [-0.39, 0.29) is 6.03 Å². The third-order valence-electron chi connectivity index (χ3n) is 4.33. The number of aryl methyl sites for hydroxylation is 1. The van der Waals surface area contributed by atoms with Crippen molar-refractivity contribution in [3.63, 3.8) is 0 Å². The number of hydrogen-bond acceptors (Lipinski definition) is 3. The Labute approximate surface area is 139 Å². The number of nitrogens with one attached hydrogen (secondary N) is 2. The lowest BCUT2D eigenvalue weighted by Crippen LogP contribution is -2.52. The minimum atomic E-state index is -0.107. The molecule has 1 saturated heterocycles. The lowest BCUT2D eigenvalue weighted by Gasteiger charge is -2.36. The molecule has 1 atom stereocenters. The summed E-state index contributed by atoms with van der Waals surface area (Å²) in [7, 11) is 0. The average molecular weight is 319 g/mol. The molecule has 1 aliphatic rings. The Morgan fingerprint density at radius 2 is 1.83 bits per heavy atom. The first-order valence-electron chi connectivity index (χ1n) is 8.45. The monoisotopic (exact) mass is 319 g/mol. The second-order valence-electron chi connectivity index (χ2n) is 6.51. The van der Waals surface area contributed by atoms with Gasteiger partial charge >= 0.3 is 6.03 Å². The van der Waals surface area contributed by atoms with Crippen LogP contribution in [0, 0.1) is 12.8 Å². The zero-order valence-electron chi connectivity index (χ0n) is 14.5. The summed E-state index contributed by atoms with van der Waals surface area (Å²) < 4.78 is 5.41. The third kappa shape index (κ3) is 5.84. The Kier molecular flexibility index (Phi) is 6.86. The highest BCUT2D eigenvalue weighted by Crippen LogP contribution is 2.12. The summed E-state index contributed by atoms with van der Waals surface area (Å²) in [5, 5.41) is 5.93. The van der Waals surface area contributed by atoms with Crippen molar-refractivity contribution in [1.29, 1.82) is 0 Å². The number of ether oxygens (including phenoxy) is 1. The second kappa shape index (κ2) is 8.89. The van der Waals surface area contributed by atoms with Gasteiger partial charge in [0.05, 0.1) is 13.2 Å². The zero-order valence-corrected chi connectivity index (χ0v) is 14.5. The molecule has 2 N–H and O–H groups in total. The second-order valence-corrected chi connectivity index (χ2v) is 6.51. The van der Waals surface area contributed by atoms with Gasteiger partial charge < -0.3 is 15.4 Å². The summed E-state index contributed by atoms with van der Waals surface area (Å²) in [6.45, 7) is 11.1. The Morgan fingerprint density at radius 3 is 2.43 bits per heavy atom. The van der Waals surface area contributed by atoms with E-state index in [1.807, 2.05) is 12.1 Å². The number of urea groups is 1. The van der Waals surface area contributed by atoms with Gasteiger partial charge in [-0.1, -0.05) is 43.7 Å². The molecule has 0 bridgehead atoms. The maximum Gasteiger partial charge on any atom is 0.315 e. The van der Waals surface area contributed by atoms with E-state index in [9.17, 15) is 4.79 Å². The molecule has 0 radical (unpaired) electrons. The van der Waals surface area contributed by atoms with Gasteiger partial charge in [-0.2, -0.15) is 0 Å². The Balaban J connectivity index is 1.75. The molecule has 128 valence electrons. The number of amides is 2. The minimum absolute atomic E-state index is 0.107. The minimum Gasteiger partial charge on any atom is -0.379 e. The van der Waals surface area contributed by atoms with Gasteiger partial charge in [-0.25, -0.2) is 4.79 Å². The first kappa shape index (κ1) is 17.8. The fourth-order valence-corrected chi connectivity index (χ4v) is 2.84. The fourth-order valence-electron chi connectivity index (χ4n) is 2.84. The van der Waals surface area contributed by atoms with Crippen molar-refractivity contribution < 1.29 is 9.53 Å². The van der Waals surface area contributed by atoms with E-state index in [4.69, 9.17) is 4.74 Å². The van der Waals surface area contributed by atoms with Gasteiger partial charge in [-0.05, 0) is 18.4 Å². The number of benzene rings is 1. The number of carbonyl (C=O) groups excluding carboxylic acids is 1. The van der Waals surface area contributed by atoms with Crippen LogP contribution in [-0.2, 0) is 11.3 Å². The van der Waals surface area contributed by atoms with Crippen LogP contribution < -0.4 is 10.6 Å². The maximum atomic E-state index is 12.0. The molecule has 0 saturated carbocycles. The van der Waals surface area contributed by atoms with E-state index in [1.54, 1.807) is 0 Å². The van der Waals surface area contributed by atoms with Gasteiger partial charge in [0.2, 0.25) is 0 Å². The van der Waals surface area contributed by atoms with Gasteiger partial charge in [0.15, 0.2) is 0 Å². The van der Waals surface area contributed by atoms with E-state index in [1.165, 1.54) is 5.56 Å². The van der Waals surface area contributed by atoms with Crippen LogP contribution in [0.2, 0.25) is 0 Å². The van der Waals surface area contributed by atoms with E-state index in [2.05, 4.69) is 48.4 Å². The summed E-state index contributed by atoms with van der Waals surface area (Å²) in [5.74, 6) is 0.491. The predicted molar refractivity (Wildman–Crippen MR) is 92.4 cm³/mol. The van der Waals surface area contributed by atoms with Crippen molar-refractivity contribution in [1.82, 2.24) is 15.5 Å². The standard InChI is InChI=1S/C18H29N3O2/c1-14(2)17(21-8-10-23-11-9-21)13-20-18(22)19-12-16-6-4-15(3)5-7-16/h4-7,14,17H,8-13H2,1-3H3,(H2,19,20,22)/t17-/m0/s1. The fraction of sp³-hybridized carbons (Fsp3) is 0.611. The van der Waals surface area contributed by atoms with Crippen LogP contribution in [0.1, 0.15) is 25.0 Å². The molecule has 2 rings (SSSR count). The normalized spacial score (nSPS) is 17.0. The van der Waals surface area contributed by atoms with Crippen molar-refractivity contribution in [2.45, 2.75) is 33.4 Å². The maximum absolute atomic E-state index is 12.0. The highest BCUT2D eigenvalue weighted by Gasteiger charge is 2.24. The van der Waals surface area contributed by atoms with Crippen molar-refractivity contribution in [2.24, 2.45) is 5.92 Å². The predicted octanol–water partition coefficient (Wildman–Crippen LogP) is 2.15. The lowest BCUT2D eigenvalue weighted by atomic mass is 10.0. The highest BCUT2D eigenvalue weighted by atomic mass is 16.5. The molecule has 1 aliphatic heterocycles. The molecule has 0 unspecified atom stereocenters. The van der Waals surface area contributed by atoms with Gasteiger partial charge in [-0.3, -0.25) is 4.90 Å². The summed E-state index contributed by atoms with van der Waals surface area (Å²) in [4.78, 5) is 14.4. The number of hydrogen-bond donors (Lipinski definition) is 2. The first-order chi connectivity index (χ1) is 11.1. The summed E-state index contributed by atoms with van der Waals surface area (Å²) in [5.41, 5.74) is 2.34. The van der Waals surface area contributed by atoms with Crippen molar-refractivity contribution in [2.75, 3.05) is 32.8 Å². The third-order valence-corrected chi connectivity index (χ3v) is 4.33. The highest BCUT2D eigenvalue weighted by molar-refractivity contribution is 5.73. The van der Waals surface area contributed by atoms with E-state index >= 15 is 0 Å². The molecule has 1 aromatic carbocycles. The number of nitrogens with zero attached hydrogens (tertiary/aromatic N) is 1. The van der Waals surface area contributed by atoms with Crippen LogP contribution in [-0.4, -0.2) is 49.8 Å². The van der Waals surface area contributed by atoms with Gasteiger partial charge in [0.25, 0.3) is 0 Å². The van der Waals surface area contributed by atoms with Crippen LogP contribution in [0.25, 0.3) is 0 Å². The van der Waals surface area contributed by atoms with Crippen LogP contribution in [0.3, 0.4) is 0 Å². The molecular formula is C18H29N3O2. The molecular weight excluding hydrogens is 290 g/mol. The number of morpholine rings is 1. The van der Waals surface area contributed by atoms with Crippen molar-refractivity contribution >= 4 is 6.03 Å². The summed E-state index contributed by atoms with van der Waals surface area (Å²) in [6, 6.07) is 8.44. The molecule has 5 heteroatoms.